The first-order chi connectivity index (χ1) is 16.8. The Morgan fingerprint density at radius 3 is 2.37 bits per heavy atom. The van der Waals surface area contributed by atoms with Crippen LogP contribution in [0.5, 0.6) is 5.75 Å². The predicted octanol–water partition coefficient (Wildman–Crippen LogP) is 3.60. The molecule has 10 heteroatoms. The average Bonchev–Trinajstić information content (AvgIpc) is 3.13. The summed E-state index contributed by atoms with van der Waals surface area (Å²) >= 11 is 0. The topological polar surface area (TPSA) is 81.5 Å². The number of ether oxygens (including phenoxy) is 1. The number of hydrogen-bond donors (Lipinski definition) is 1. The molecule has 2 unspecified atom stereocenters. The van der Waals surface area contributed by atoms with Crippen LogP contribution in [-0.2, 0) is 6.18 Å². The van der Waals surface area contributed by atoms with E-state index < -0.39 is 17.4 Å². The first kappa shape index (κ1) is 23.4. The van der Waals surface area contributed by atoms with Gasteiger partial charge in [0.1, 0.15) is 17.9 Å². The average molecular weight is 486 g/mol. The van der Waals surface area contributed by atoms with Crippen molar-refractivity contribution in [1.82, 2.24) is 15.2 Å². The summed E-state index contributed by atoms with van der Waals surface area (Å²) in [4.78, 5) is 21.2. The number of amides is 1. The molecule has 0 spiro atoms. The number of alkyl halides is 3. The van der Waals surface area contributed by atoms with Gasteiger partial charge in [0.2, 0.25) is 0 Å². The van der Waals surface area contributed by atoms with E-state index >= 15 is 0 Å². The van der Waals surface area contributed by atoms with Gasteiger partial charge in [0.05, 0.1) is 11.8 Å². The molecule has 4 heterocycles. The number of fused-ring (bicyclic) bond motifs is 2. The van der Waals surface area contributed by atoms with E-state index in [2.05, 4.69) is 15.2 Å². The number of anilines is 1. The Bertz CT molecular complexity index is 1110. The summed E-state index contributed by atoms with van der Waals surface area (Å²) in [6.45, 7) is 3.75. The number of rotatable bonds is 4. The summed E-state index contributed by atoms with van der Waals surface area (Å²) in [7, 11) is 0. The minimum absolute atomic E-state index is 0.0102. The van der Waals surface area contributed by atoms with Crippen LogP contribution in [0.25, 0.3) is 0 Å². The molecule has 2 bridgehead atoms. The molecule has 2 aromatic rings. The molecule has 3 aliphatic rings. The number of pyridine rings is 1. The lowest BCUT2D eigenvalue weighted by molar-refractivity contribution is -0.138. The number of carbonyl (C=O) groups excluding carboxylic acids is 1. The third kappa shape index (κ3) is 4.78. The fraction of sp³-hybridized carbons (Fsp3) is 0.480. The predicted molar refractivity (Wildman–Crippen MR) is 122 cm³/mol. The highest BCUT2D eigenvalue weighted by atomic mass is 19.4. The van der Waals surface area contributed by atoms with Gasteiger partial charge in [0, 0.05) is 62.4 Å². The number of hydrogen-bond acceptors (Lipinski definition) is 6. The molecular formula is C25H26F3N5O2. The first-order valence-corrected chi connectivity index (χ1v) is 11.9. The number of nitrogens with one attached hydrogen (secondary N) is 1. The van der Waals surface area contributed by atoms with Crippen LogP contribution >= 0.6 is 0 Å². The highest BCUT2D eigenvalue weighted by Gasteiger charge is 2.44. The number of nitriles is 1. The molecule has 1 amide bonds. The molecule has 3 saturated heterocycles. The van der Waals surface area contributed by atoms with Crippen LogP contribution < -0.4 is 15.0 Å². The summed E-state index contributed by atoms with van der Waals surface area (Å²) < 4.78 is 45.7. The lowest BCUT2D eigenvalue weighted by atomic mass is 9.98. The Labute approximate surface area is 201 Å². The van der Waals surface area contributed by atoms with Crippen LogP contribution in [0.2, 0.25) is 0 Å². The van der Waals surface area contributed by atoms with E-state index in [9.17, 15) is 18.0 Å². The van der Waals surface area contributed by atoms with Crippen molar-refractivity contribution in [3.63, 3.8) is 0 Å². The summed E-state index contributed by atoms with van der Waals surface area (Å²) in [5.41, 5.74) is -0.0238. The monoisotopic (exact) mass is 485 g/mol. The van der Waals surface area contributed by atoms with Crippen molar-refractivity contribution in [2.75, 3.05) is 31.1 Å². The van der Waals surface area contributed by atoms with E-state index in [-0.39, 0.29) is 29.8 Å². The first-order valence-electron chi connectivity index (χ1n) is 11.9. The van der Waals surface area contributed by atoms with Crippen LogP contribution in [-0.4, -0.2) is 60.2 Å². The summed E-state index contributed by atoms with van der Waals surface area (Å²) in [5.74, 6) is -0.0220. The van der Waals surface area contributed by atoms with Gasteiger partial charge in [-0.15, -0.1) is 0 Å². The molecular weight excluding hydrogens is 459 g/mol. The molecule has 1 aromatic heterocycles. The quantitative estimate of drug-likeness (QED) is 0.713. The number of nitrogens with zero attached hydrogens (tertiary/aromatic N) is 4. The van der Waals surface area contributed by atoms with E-state index in [1.165, 1.54) is 6.07 Å². The fourth-order valence-corrected chi connectivity index (χ4v) is 5.45. The smallest absolute Gasteiger partial charge is 0.419 e. The highest BCUT2D eigenvalue weighted by molar-refractivity contribution is 5.95. The molecule has 184 valence electrons. The number of piperazine rings is 1. The lowest BCUT2D eigenvalue weighted by Gasteiger charge is -2.39. The molecule has 2 atom stereocenters. The van der Waals surface area contributed by atoms with E-state index in [1.807, 2.05) is 29.2 Å². The Kier molecular flexibility index (Phi) is 6.28. The second-order valence-electron chi connectivity index (χ2n) is 9.27. The largest absolute Gasteiger partial charge is 0.489 e. The van der Waals surface area contributed by atoms with Crippen LogP contribution in [0.3, 0.4) is 0 Å². The maximum atomic E-state index is 13.3. The van der Waals surface area contributed by atoms with Crippen LogP contribution in [0.1, 0.15) is 47.3 Å². The van der Waals surface area contributed by atoms with Crippen LogP contribution in [0, 0.1) is 11.3 Å². The maximum Gasteiger partial charge on any atom is 0.419 e. The maximum absolute atomic E-state index is 13.3. The van der Waals surface area contributed by atoms with Gasteiger partial charge in [0.25, 0.3) is 5.91 Å². The number of piperidine rings is 1. The molecule has 3 fully saturated rings. The van der Waals surface area contributed by atoms with Gasteiger partial charge in [0.15, 0.2) is 5.69 Å². The third-order valence-electron chi connectivity index (χ3n) is 7.10. The minimum Gasteiger partial charge on any atom is -0.489 e. The Hall–Kier alpha value is -3.32. The van der Waals surface area contributed by atoms with E-state index in [1.54, 1.807) is 0 Å². The highest BCUT2D eigenvalue weighted by Crippen LogP contribution is 2.39. The molecule has 0 radical (unpaired) electrons. The molecule has 0 saturated carbocycles. The third-order valence-corrected chi connectivity index (χ3v) is 7.10. The van der Waals surface area contributed by atoms with E-state index in [0.29, 0.717) is 18.4 Å². The molecule has 35 heavy (non-hydrogen) atoms. The van der Waals surface area contributed by atoms with Crippen molar-refractivity contribution in [2.45, 2.75) is 50.0 Å². The number of halogens is 3. The van der Waals surface area contributed by atoms with Gasteiger partial charge in [-0.1, -0.05) is 0 Å². The van der Waals surface area contributed by atoms with Gasteiger partial charge in [-0.25, -0.2) is 4.98 Å². The van der Waals surface area contributed by atoms with Crippen molar-refractivity contribution in [2.24, 2.45) is 0 Å². The molecule has 5 rings (SSSR count). The molecule has 3 aliphatic heterocycles. The SMILES string of the molecule is N#Cc1ncc(OC2CC3CCC(C2)N3C(=O)c2ccc(N3CCNCC3)cc2)cc1C(F)(F)F. The van der Waals surface area contributed by atoms with Crippen LogP contribution in [0.15, 0.2) is 36.5 Å². The van der Waals surface area contributed by atoms with Crippen molar-refractivity contribution < 1.29 is 22.7 Å². The molecule has 0 aliphatic carbocycles. The van der Waals surface area contributed by atoms with Gasteiger partial charge in [-0.05, 0) is 43.2 Å². The fourth-order valence-electron chi connectivity index (χ4n) is 5.45. The zero-order valence-corrected chi connectivity index (χ0v) is 19.1. The Morgan fingerprint density at radius 2 is 1.77 bits per heavy atom. The Balaban J connectivity index is 1.25. The number of carbonyl (C=O) groups is 1. The van der Waals surface area contributed by atoms with E-state index in [0.717, 1.165) is 57.0 Å². The summed E-state index contributed by atoms with van der Waals surface area (Å²) in [6, 6.07) is 10.0. The summed E-state index contributed by atoms with van der Waals surface area (Å²) in [5, 5.41) is 12.3. The van der Waals surface area contributed by atoms with Gasteiger partial charge in [-0.2, -0.15) is 18.4 Å². The van der Waals surface area contributed by atoms with Crippen LogP contribution in [0.4, 0.5) is 18.9 Å². The second-order valence-corrected chi connectivity index (χ2v) is 9.27. The van der Waals surface area contributed by atoms with Gasteiger partial charge < -0.3 is 19.9 Å². The zero-order chi connectivity index (χ0) is 24.6. The van der Waals surface area contributed by atoms with Crippen molar-refractivity contribution in [3.8, 4) is 11.8 Å². The number of benzene rings is 1. The standard InChI is InChI=1S/C25H26F3N5O2/c26-25(27,28)22-13-21(15-31-23(22)14-29)35-20-11-18-5-6-19(12-20)33(18)24(34)16-1-3-17(4-2-16)32-9-7-30-8-10-32/h1-4,13,15,18-20,30H,5-12H2. The lowest BCUT2D eigenvalue weighted by Crippen LogP contribution is -2.49. The molecule has 7 nitrogen and oxygen atoms in total. The Morgan fingerprint density at radius 1 is 1.11 bits per heavy atom. The normalized spacial score (nSPS) is 24.2. The minimum atomic E-state index is -4.69. The second kappa shape index (κ2) is 9.38. The molecule has 1 N–H and O–H groups in total. The van der Waals surface area contributed by atoms with Crippen molar-refractivity contribution in [3.05, 3.63) is 53.3 Å². The van der Waals surface area contributed by atoms with Crippen molar-refractivity contribution >= 4 is 11.6 Å². The van der Waals surface area contributed by atoms with Crippen molar-refractivity contribution in [1.29, 1.82) is 5.26 Å². The van der Waals surface area contributed by atoms with Gasteiger partial charge >= 0.3 is 6.18 Å². The van der Waals surface area contributed by atoms with Gasteiger partial charge in [-0.3, -0.25) is 4.79 Å². The molecule has 1 aromatic carbocycles. The zero-order valence-electron chi connectivity index (χ0n) is 19.1. The number of aromatic nitrogens is 1. The summed E-state index contributed by atoms with van der Waals surface area (Å²) in [6.07, 6.45) is -1.07. The van der Waals surface area contributed by atoms with E-state index in [4.69, 9.17) is 10.00 Å².